The molecule has 126 valence electrons. The number of rotatable bonds is 3. The van der Waals surface area contributed by atoms with E-state index in [9.17, 15) is 0 Å². The van der Waals surface area contributed by atoms with Crippen LogP contribution in [0.1, 0.15) is 24.4 Å². The summed E-state index contributed by atoms with van der Waals surface area (Å²) in [4.78, 5) is 2.62. The molecule has 1 atom stereocenters. The second kappa shape index (κ2) is 9.96. The predicted octanol–water partition coefficient (Wildman–Crippen LogP) is 3.56. The average molecular weight is 368 g/mol. The SMILES string of the molecule is Cl.Cl.Clc1cccc([C@@H](C2CCOCC2)N2CCNCC2)c1. The molecule has 1 aromatic carbocycles. The minimum atomic E-state index is 0. The Morgan fingerprint density at radius 3 is 2.45 bits per heavy atom. The van der Waals surface area contributed by atoms with Crippen LogP contribution < -0.4 is 5.32 Å². The van der Waals surface area contributed by atoms with E-state index in [1.54, 1.807) is 0 Å². The van der Waals surface area contributed by atoms with Crippen LogP contribution in [-0.4, -0.2) is 44.3 Å². The van der Waals surface area contributed by atoms with E-state index in [1.165, 1.54) is 5.56 Å². The molecular formula is C16H25Cl3N2O. The summed E-state index contributed by atoms with van der Waals surface area (Å²) in [5.74, 6) is 0.681. The molecule has 3 nitrogen and oxygen atoms in total. The summed E-state index contributed by atoms with van der Waals surface area (Å²) in [7, 11) is 0. The first-order valence-electron chi connectivity index (χ1n) is 7.62. The first-order valence-corrected chi connectivity index (χ1v) is 8.00. The maximum absolute atomic E-state index is 6.21. The molecule has 22 heavy (non-hydrogen) atoms. The van der Waals surface area contributed by atoms with Crippen molar-refractivity contribution in [2.24, 2.45) is 5.92 Å². The highest BCUT2D eigenvalue weighted by molar-refractivity contribution is 6.30. The molecule has 2 saturated heterocycles. The van der Waals surface area contributed by atoms with Gasteiger partial charge in [-0.1, -0.05) is 23.7 Å². The lowest BCUT2D eigenvalue weighted by atomic mass is 9.85. The van der Waals surface area contributed by atoms with Crippen molar-refractivity contribution >= 4 is 36.4 Å². The van der Waals surface area contributed by atoms with Crippen LogP contribution in [0.5, 0.6) is 0 Å². The zero-order valence-electron chi connectivity index (χ0n) is 12.7. The summed E-state index contributed by atoms with van der Waals surface area (Å²) in [5.41, 5.74) is 1.37. The summed E-state index contributed by atoms with van der Waals surface area (Å²) in [6.45, 7) is 6.20. The lowest BCUT2D eigenvalue weighted by Crippen LogP contribution is -2.47. The highest BCUT2D eigenvalue weighted by Crippen LogP contribution is 2.36. The molecule has 2 aliphatic heterocycles. The zero-order chi connectivity index (χ0) is 13.8. The number of ether oxygens (including phenoxy) is 1. The van der Waals surface area contributed by atoms with Gasteiger partial charge in [0.05, 0.1) is 0 Å². The van der Waals surface area contributed by atoms with E-state index < -0.39 is 0 Å². The van der Waals surface area contributed by atoms with Gasteiger partial charge in [0.15, 0.2) is 0 Å². The molecule has 1 aromatic rings. The molecule has 0 saturated carbocycles. The molecular weight excluding hydrogens is 343 g/mol. The topological polar surface area (TPSA) is 24.5 Å². The normalized spacial score (nSPS) is 21.5. The van der Waals surface area contributed by atoms with Crippen molar-refractivity contribution < 1.29 is 4.74 Å². The Morgan fingerprint density at radius 1 is 1.14 bits per heavy atom. The van der Waals surface area contributed by atoms with Gasteiger partial charge in [0.25, 0.3) is 0 Å². The van der Waals surface area contributed by atoms with Crippen LogP contribution in [0.15, 0.2) is 24.3 Å². The fourth-order valence-electron chi connectivity index (χ4n) is 3.46. The van der Waals surface area contributed by atoms with Crippen molar-refractivity contribution in [1.82, 2.24) is 10.2 Å². The molecule has 0 bridgehead atoms. The van der Waals surface area contributed by atoms with E-state index in [0.29, 0.717) is 12.0 Å². The van der Waals surface area contributed by atoms with E-state index in [1.807, 2.05) is 6.07 Å². The molecule has 2 aliphatic rings. The number of nitrogens with one attached hydrogen (secondary N) is 1. The van der Waals surface area contributed by atoms with Gasteiger partial charge in [0.2, 0.25) is 0 Å². The van der Waals surface area contributed by atoms with E-state index in [0.717, 1.165) is 57.3 Å². The molecule has 0 amide bonds. The van der Waals surface area contributed by atoms with Crippen LogP contribution >= 0.6 is 36.4 Å². The minimum Gasteiger partial charge on any atom is -0.381 e. The van der Waals surface area contributed by atoms with Crippen LogP contribution in [0.3, 0.4) is 0 Å². The molecule has 0 aromatic heterocycles. The lowest BCUT2D eigenvalue weighted by Gasteiger charge is -2.41. The predicted molar refractivity (Wildman–Crippen MR) is 96.7 cm³/mol. The van der Waals surface area contributed by atoms with E-state index in [-0.39, 0.29) is 24.8 Å². The quantitative estimate of drug-likeness (QED) is 0.884. The monoisotopic (exact) mass is 366 g/mol. The third-order valence-electron chi connectivity index (χ3n) is 4.45. The zero-order valence-corrected chi connectivity index (χ0v) is 15.1. The Balaban J connectivity index is 0.00000121. The van der Waals surface area contributed by atoms with Crippen molar-refractivity contribution in [3.05, 3.63) is 34.9 Å². The van der Waals surface area contributed by atoms with Gasteiger partial charge in [-0.25, -0.2) is 0 Å². The number of nitrogens with zero attached hydrogens (tertiary/aromatic N) is 1. The van der Waals surface area contributed by atoms with Gasteiger partial charge in [0, 0.05) is 50.5 Å². The summed E-state index contributed by atoms with van der Waals surface area (Å²) in [6, 6.07) is 8.90. The van der Waals surface area contributed by atoms with Crippen molar-refractivity contribution in [3.63, 3.8) is 0 Å². The van der Waals surface area contributed by atoms with Gasteiger partial charge in [-0.15, -0.1) is 24.8 Å². The Labute approximate surface area is 150 Å². The van der Waals surface area contributed by atoms with E-state index >= 15 is 0 Å². The Hall–Kier alpha value is -0.0300. The molecule has 2 fully saturated rings. The van der Waals surface area contributed by atoms with Gasteiger partial charge < -0.3 is 10.1 Å². The molecule has 2 heterocycles. The number of hydrogen-bond donors (Lipinski definition) is 1. The van der Waals surface area contributed by atoms with E-state index in [4.69, 9.17) is 16.3 Å². The second-order valence-corrected chi connectivity index (χ2v) is 6.17. The lowest BCUT2D eigenvalue weighted by molar-refractivity contribution is 0.0213. The number of hydrogen-bond acceptors (Lipinski definition) is 3. The van der Waals surface area contributed by atoms with Gasteiger partial charge in [-0.2, -0.15) is 0 Å². The van der Waals surface area contributed by atoms with Crippen LogP contribution in [0, 0.1) is 5.92 Å². The number of halogens is 3. The summed E-state index contributed by atoms with van der Waals surface area (Å²) < 4.78 is 5.54. The molecule has 6 heteroatoms. The van der Waals surface area contributed by atoms with Crippen molar-refractivity contribution in [1.29, 1.82) is 0 Å². The molecule has 0 aliphatic carbocycles. The largest absolute Gasteiger partial charge is 0.381 e. The first kappa shape index (κ1) is 20.0. The van der Waals surface area contributed by atoms with Crippen LogP contribution in [-0.2, 0) is 4.74 Å². The van der Waals surface area contributed by atoms with Gasteiger partial charge >= 0.3 is 0 Å². The smallest absolute Gasteiger partial charge is 0.0469 e. The molecule has 1 N–H and O–H groups in total. The third kappa shape index (κ3) is 4.98. The van der Waals surface area contributed by atoms with Crippen LogP contribution in [0.25, 0.3) is 0 Å². The van der Waals surface area contributed by atoms with Gasteiger partial charge in [-0.05, 0) is 36.5 Å². The van der Waals surface area contributed by atoms with Crippen molar-refractivity contribution in [2.75, 3.05) is 39.4 Å². The van der Waals surface area contributed by atoms with Gasteiger partial charge in [0.1, 0.15) is 0 Å². The molecule has 0 spiro atoms. The fourth-order valence-corrected chi connectivity index (χ4v) is 3.66. The maximum Gasteiger partial charge on any atom is 0.0469 e. The average Bonchev–Trinajstić information content (AvgIpc) is 2.50. The van der Waals surface area contributed by atoms with E-state index in [2.05, 4.69) is 28.4 Å². The molecule has 0 unspecified atom stereocenters. The summed E-state index contributed by atoms with van der Waals surface area (Å²) in [6.07, 6.45) is 2.31. The molecule has 0 radical (unpaired) electrons. The second-order valence-electron chi connectivity index (χ2n) is 5.74. The highest BCUT2D eigenvalue weighted by atomic mass is 35.5. The van der Waals surface area contributed by atoms with Crippen molar-refractivity contribution in [2.45, 2.75) is 18.9 Å². The first-order chi connectivity index (χ1) is 9.84. The third-order valence-corrected chi connectivity index (χ3v) is 4.68. The Morgan fingerprint density at radius 2 is 1.82 bits per heavy atom. The standard InChI is InChI=1S/C16H23ClN2O.2ClH/c17-15-3-1-2-14(12-15)16(13-4-10-20-11-5-13)19-8-6-18-7-9-19;;/h1-3,12-13,16,18H,4-11H2;2*1H/t16-;;/m1../s1. The molecule has 3 rings (SSSR count). The maximum atomic E-state index is 6.21. The minimum absolute atomic E-state index is 0. The summed E-state index contributed by atoms with van der Waals surface area (Å²) >= 11 is 6.21. The van der Waals surface area contributed by atoms with Crippen LogP contribution in [0.2, 0.25) is 5.02 Å². The summed E-state index contributed by atoms with van der Waals surface area (Å²) in [5, 5.41) is 4.29. The number of benzene rings is 1. The highest BCUT2D eigenvalue weighted by Gasteiger charge is 2.31. The fraction of sp³-hybridized carbons (Fsp3) is 0.625. The van der Waals surface area contributed by atoms with Crippen molar-refractivity contribution in [3.8, 4) is 0 Å². The van der Waals surface area contributed by atoms with Crippen LogP contribution in [0.4, 0.5) is 0 Å². The van der Waals surface area contributed by atoms with Gasteiger partial charge in [-0.3, -0.25) is 4.90 Å². The Kier molecular flexibility index (Phi) is 9.07. The number of piperazine rings is 1. The Bertz CT molecular complexity index is 417.